The first-order valence-corrected chi connectivity index (χ1v) is 7.53. The first-order chi connectivity index (χ1) is 8.69. The second-order valence-corrected chi connectivity index (χ2v) is 5.79. The van der Waals surface area contributed by atoms with Crippen LogP contribution in [0.2, 0.25) is 5.28 Å². The molecule has 1 aliphatic heterocycles. The zero-order valence-electron chi connectivity index (χ0n) is 10.5. The Bertz CT molecular complexity index is 394. The fourth-order valence-electron chi connectivity index (χ4n) is 2.26. The predicted molar refractivity (Wildman–Crippen MR) is 78.1 cm³/mol. The summed E-state index contributed by atoms with van der Waals surface area (Å²) in [6, 6.07) is 0.473. The van der Waals surface area contributed by atoms with Gasteiger partial charge in [-0.3, -0.25) is 0 Å². The number of halogens is 2. The molecule has 0 aromatic carbocycles. The number of nitrogens with one attached hydrogen (secondary N) is 1. The van der Waals surface area contributed by atoms with Gasteiger partial charge in [0.25, 0.3) is 0 Å². The molecule has 1 aliphatic rings. The predicted octanol–water partition coefficient (Wildman–Crippen LogP) is 3.18. The Balaban J connectivity index is 1.89. The van der Waals surface area contributed by atoms with E-state index in [-0.39, 0.29) is 5.28 Å². The van der Waals surface area contributed by atoms with Crippen LogP contribution in [0.4, 0.5) is 5.82 Å². The summed E-state index contributed by atoms with van der Waals surface area (Å²) in [6.45, 7) is 5.74. The maximum atomic E-state index is 5.81. The maximum Gasteiger partial charge on any atom is 0.224 e. The number of aromatic nitrogens is 2. The fraction of sp³-hybridized carbons (Fsp3) is 0.667. The van der Waals surface area contributed by atoms with Crippen molar-refractivity contribution in [3.05, 3.63) is 16.0 Å². The van der Waals surface area contributed by atoms with Crippen molar-refractivity contribution in [3.63, 3.8) is 0 Å². The summed E-state index contributed by atoms with van der Waals surface area (Å²) in [5, 5.41) is 3.73. The number of nitrogens with zero attached hydrogens (tertiary/aromatic N) is 3. The molecule has 1 N–H and O–H groups in total. The highest BCUT2D eigenvalue weighted by Gasteiger charge is 2.19. The van der Waals surface area contributed by atoms with Gasteiger partial charge in [0.15, 0.2) is 0 Å². The molecule has 100 valence electrons. The van der Waals surface area contributed by atoms with Crippen molar-refractivity contribution in [2.75, 3.05) is 25.0 Å². The van der Waals surface area contributed by atoms with E-state index in [1.165, 1.54) is 13.0 Å². The zero-order valence-corrected chi connectivity index (χ0v) is 12.8. The second kappa shape index (κ2) is 6.68. The topological polar surface area (TPSA) is 41.0 Å². The molecule has 0 amide bonds. The van der Waals surface area contributed by atoms with Gasteiger partial charge in [-0.15, -0.1) is 0 Å². The van der Waals surface area contributed by atoms with Gasteiger partial charge in [0, 0.05) is 25.3 Å². The van der Waals surface area contributed by atoms with Gasteiger partial charge in [0.2, 0.25) is 5.28 Å². The summed E-state index contributed by atoms with van der Waals surface area (Å²) < 4.78 is 0.864. The molecule has 1 saturated heterocycles. The van der Waals surface area contributed by atoms with E-state index >= 15 is 0 Å². The van der Waals surface area contributed by atoms with E-state index in [0.717, 1.165) is 36.2 Å². The maximum absolute atomic E-state index is 5.81. The smallest absolute Gasteiger partial charge is 0.224 e. The van der Waals surface area contributed by atoms with Crippen LogP contribution in [0.5, 0.6) is 0 Å². The third-order valence-corrected chi connectivity index (χ3v) is 3.95. The van der Waals surface area contributed by atoms with Crippen molar-refractivity contribution < 1.29 is 0 Å². The summed E-state index contributed by atoms with van der Waals surface area (Å²) in [6.07, 6.45) is 5.21. The first-order valence-electron chi connectivity index (χ1n) is 6.36. The highest BCUT2D eigenvalue weighted by atomic mass is 79.9. The third-order valence-electron chi connectivity index (χ3n) is 3.18. The Hall–Kier alpha value is -0.390. The molecule has 0 saturated carbocycles. The highest BCUT2D eigenvalue weighted by Crippen LogP contribution is 2.23. The van der Waals surface area contributed by atoms with Crippen molar-refractivity contribution in [2.24, 2.45) is 0 Å². The van der Waals surface area contributed by atoms with Gasteiger partial charge >= 0.3 is 0 Å². The minimum atomic E-state index is 0.282. The van der Waals surface area contributed by atoms with Crippen LogP contribution >= 0.6 is 27.5 Å². The Kier molecular flexibility index (Phi) is 5.21. The lowest BCUT2D eigenvalue weighted by molar-refractivity contribution is 0.219. The molecule has 0 atom stereocenters. The van der Waals surface area contributed by atoms with Gasteiger partial charge in [-0.2, -0.15) is 4.98 Å². The third kappa shape index (κ3) is 3.80. The van der Waals surface area contributed by atoms with Crippen molar-refractivity contribution in [2.45, 2.75) is 32.2 Å². The standard InChI is InChI=1S/C12H18BrClN4/c1-2-5-18-6-3-9(4-7-18)16-11-10(13)8-15-12(14)17-11/h8-9H,2-7H2,1H3,(H,15,16,17). The Morgan fingerprint density at radius 1 is 1.50 bits per heavy atom. The molecule has 0 unspecified atom stereocenters. The van der Waals surface area contributed by atoms with Crippen LogP contribution in [0, 0.1) is 0 Å². The molecule has 2 rings (SSSR count). The molecule has 6 heteroatoms. The molecule has 0 aliphatic carbocycles. The van der Waals surface area contributed by atoms with Crippen LogP contribution in [-0.2, 0) is 0 Å². The molecule has 2 heterocycles. The molecular formula is C12H18BrClN4. The normalized spacial score (nSPS) is 17.9. The lowest BCUT2D eigenvalue weighted by Gasteiger charge is -2.32. The van der Waals surface area contributed by atoms with E-state index in [4.69, 9.17) is 11.6 Å². The Morgan fingerprint density at radius 2 is 2.22 bits per heavy atom. The number of hydrogen-bond donors (Lipinski definition) is 1. The lowest BCUT2D eigenvalue weighted by Crippen LogP contribution is -2.39. The van der Waals surface area contributed by atoms with Crippen LogP contribution in [-0.4, -0.2) is 40.5 Å². The van der Waals surface area contributed by atoms with Gasteiger partial charge in [-0.05, 0) is 53.3 Å². The highest BCUT2D eigenvalue weighted by molar-refractivity contribution is 9.10. The molecule has 4 nitrogen and oxygen atoms in total. The summed E-state index contributed by atoms with van der Waals surface area (Å²) in [7, 11) is 0. The number of rotatable bonds is 4. The summed E-state index contributed by atoms with van der Waals surface area (Å²) >= 11 is 9.25. The quantitative estimate of drug-likeness (QED) is 0.859. The average Bonchev–Trinajstić information content (AvgIpc) is 2.37. The monoisotopic (exact) mass is 332 g/mol. The lowest BCUT2D eigenvalue weighted by atomic mass is 10.0. The summed E-state index contributed by atoms with van der Waals surface area (Å²) in [5.74, 6) is 0.795. The SMILES string of the molecule is CCCN1CCC(Nc2nc(Cl)ncc2Br)CC1. The summed E-state index contributed by atoms with van der Waals surface area (Å²) in [4.78, 5) is 10.6. The average molecular weight is 334 g/mol. The first kappa shape index (κ1) is 14.0. The van der Waals surface area contributed by atoms with E-state index in [0.29, 0.717) is 6.04 Å². The van der Waals surface area contributed by atoms with Gasteiger partial charge in [-0.1, -0.05) is 6.92 Å². The van der Waals surface area contributed by atoms with E-state index in [1.807, 2.05) is 0 Å². The van der Waals surface area contributed by atoms with Crippen molar-refractivity contribution in [1.29, 1.82) is 0 Å². The molecule has 1 fully saturated rings. The minimum absolute atomic E-state index is 0.282. The molecule has 18 heavy (non-hydrogen) atoms. The molecule has 1 aromatic rings. The number of piperidine rings is 1. The Labute approximate surface area is 121 Å². The van der Waals surface area contributed by atoms with E-state index in [1.54, 1.807) is 6.20 Å². The number of likely N-dealkylation sites (tertiary alicyclic amines) is 1. The summed E-state index contributed by atoms with van der Waals surface area (Å²) in [5.41, 5.74) is 0. The van der Waals surface area contributed by atoms with Crippen LogP contribution in [0.3, 0.4) is 0 Å². The van der Waals surface area contributed by atoms with Gasteiger partial charge in [0.05, 0.1) is 4.47 Å². The van der Waals surface area contributed by atoms with Crippen LogP contribution < -0.4 is 5.32 Å². The van der Waals surface area contributed by atoms with Gasteiger partial charge in [0.1, 0.15) is 5.82 Å². The largest absolute Gasteiger partial charge is 0.366 e. The van der Waals surface area contributed by atoms with Crippen LogP contribution in [0.25, 0.3) is 0 Å². The molecule has 1 aromatic heterocycles. The fourth-order valence-corrected chi connectivity index (χ4v) is 2.70. The molecule has 0 radical (unpaired) electrons. The molecular weight excluding hydrogens is 316 g/mol. The van der Waals surface area contributed by atoms with E-state index in [9.17, 15) is 0 Å². The van der Waals surface area contributed by atoms with Crippen molar-refractivity contribution >= 4 is 33.3 Å². The molecule has 0 spiro atoms. The number of hydrogen-bond acceptors (Lipinski definition) is 4. The van der Waals surface area contributed by atoms with Gasteiger partial charge in [-0.25, -0.2) is 4.98 Å². The van der Waals surface area contributed by atoms with Crippen LogP contribution in [0.15, 0.2) is 10.7 Å². The minimum Gasteiger partial charge on any atom is -0.366 e. The molecule has 0 bridgehead atoms. The Morgan fingerprint density at radius 3 is 2.89 bits per heavy atom. The van der Waals surface area contributed by atoms with E-state index < -0.39 is 0 Å². The second-order valence-electron chi connectivity index (χ2n) is 4.60. The van der Waals surface area contributed by atoms with Crippen LogP contribution in [0.1, 0.15) is 26.2 Å². The van der Waals surface area contributed by atoms with Crippen molar-refractivity contribution in [3.8, 4) is 0 Å². The zero-order chi connectivity index (χ0) is 13.0. The van der Waals surface area contributed by atoms with Crippen molar-refractivity contribution in [1.82, 2.24) is 14.9 Å². The van der Waals surface area contributed by atoms with Gasteiger partial charge < -0.3 is 10.2 Å². The van der Waals surface area contributed by atoms with E-state index in [2.05, 4.69) is 43.0 Å². The number of anilines is 1.